The van der Waals surface area contributed by atoms with Crippen LogP contribution in [-0.4, -0.2) is 24.2 Å². The molecule has 0 saturated heterocycles. The number of hydrogen-bond acceptors (Lipinski definition) is 3. The highest BCUT2D eigenvalue weighted by molar-refractivity contribution is 9.10. The number of carbonyl (C=O) groups excluding carboxylic acids is 1. The molecule has 0 fully saturated rings. The van der Waals surface area contributed by atoms with E-state index in [-0.39, 0.29) is 12.0 Å². The minimum Gasteiger partial charge on any atom is -0.467 e. The number of alkyl halides is 3. The fraction of sp³-hybridized carbons (Fsp3) is 0.231. The third kappa shape index (κ3) is 3.27. The smallest absolute Gasteiger partial charge is 0.399 e. The number of ether oxygens (including phenoxy) is 1. The van der Waals surface area contributed by atoms with Crippen LogP contribution in [0.1, 0.15) is 11.5 Å². The number of nitrogens with zero attached hydrogens (tertiary/aromatic N) is 1. The Morgan fingerprint density at radius 1 is 1.35 bits per heavy atom. The average molecular weight is 348 g/mol. The van der Waals surface area contributed by atoms with Crippen LogP contribution in [-0.2, 0) is 9.53 Å². The van der Waals surface area contributed by atoms with E-state index in [0.29, 0.717) is 10.9 Å². The molecule has 20 heavy (non-hydrogen) atoms. The number of aromatic nitrogens is 1. The molecule has 0 aliphatic heterocycles. The van der Waals surface area contributed by atoms with Crippen LogP contribution in [0.5, 0.6) is 0 Å². The molecule has 0 aliphatic carbocycles. The van der Waals surface area contributed by atoms with Gasteiger partial charge in [0.25, 0.3) is 6.47 Å². The molecule has 1 aromatic heterocycles. The van der Waals surface area contributed by atoms with Gasteiger partial charge in [0, 0.05) is 16.1 Å². The van der Waals surface area contributed by atoms with Gasteiger partial charge in [-0.3, -0.25) is 9.78 Å². The number of benzene rings is 1. The number of halogens is 4. The Morgan fingerprint density at radius 2 is 2.10 bits per heavy atom. The second-order valence-electron chi connectivity index (χ2n) is 4.13. The van der Waals surface area contributed by atoms with Crippen LogP contribution in [0.2, 0.25) is 0 Å². The van der Waals surface area contributed by atoms with E-state index in [4.69, 9.17) is 0 Å². The molecular weight excluding hydrogens is 339 g/mol. The molecule has 0 N–H and O–H groups in total. The van der Waals surface area contributed by atoms with Gasteiger partial charge in [0.2, 0.25) is 0 Å². The maximum atomic E-state index is 13.0. The summed E-state index contributed by atoms with van der Waals surface area (Å²) in [5.74, 6) is -1.88. The van der Waals surface area contributed by atoms with E-state index >= 15 is 0 Å². The first-order valence-corrected chi connectivity index (χ1v) is 6.38. The maximum absolute atomic E-state index is 13.0. The number of pyridine rings is 1. The first-order valence-electron chi connectivity index (χ1n) is 5.59. The fourth-order valence-electron chi connectivity index (χ4n) is 1.82. The number of carbonyl (C=O) groups is 1. The van der Waals surface area contributed by atoms with Crippen molar-refractivity contribution in [2.45, 2.75) is 12.1 Å². The molecule has 0 bridgehead atoms. The summed E-state index contributed by atoms with van der Waals surface area (Å²) in [6.45, 7) is -0.749. The zero-order chi connectivity index (χ0) is 14.8. The van der Waals surface area contributed by atoms with Crippen molar-refractivity contribution < 1.29 is 22.7 Å². The van der Waals surface area contributed by atoms with Crippen LogP contribution < -0.4 is 0 Å². The van der Waals surface area contributed by atoms with Gasteiger partial charge in [0.1, 0.15) is 12.5 Å². The lowest BCUT2D eigenvalue weighted by atomic mass is 9.99. The second-order valence-corrected chi connectivity index (χ2v) is 5.05. The van der Waals surface area contributed by atoms with Crippen molar-refractivity contribution in [3.05, 3.63) is 40.5 Å². The molecule has 3 nitrogen and oxygen atoms in total. The standard InChI is InChI=1S/C13H9BrF3NO2/c14-10-2-1-8-3-9(5-18-12(8)4-10)11(6-20-7-19)13(15,16)17/h1-5,7,11H,6H2. The highest BCUT2D eigenvalue weighted by atomic mass is 79.9. The van der Waals surface area contributed by atoms with E-state index in [2.05, 4.69) is 25.7 Å². The molecule has 1 atom stereocenters. The van der Waals surface area contributed by atoms with Crippen molar-refractivity contribution in [2.24, 2.45) is 0 Å². The van der Waals surface area contributed by atoms with Crippen LogP contribution in [0.25, 0.3) is 10.9 Å². The third-order valence-corrected chi connectivity index (χ3v) is 3.29. The molecule has 7 heteroatoms. The number of fused-ring (bicyclic) bond motifs is 1. The van der Waals surface area contributed by atoms with Crippen LogP contribution in [0.15, 0.2) is 34.9 Å². The van der Waals surface area contributed by atoms with Gasteiger partial charge >= 0.3 is 6.18 Å². The monoisotopic (exact) mass is 347 g/mol. The van der Waals surface area contributed by atoms with Crippen molar-refractivity contribution in [2.75, 3.05) is 6.61 Å². The summed E-state index contributed by atoms with van der Waals surface area (Å²) in [7, 11) is 0. The van der Waals surface area contributed by atoms with Crippen molar-refractivity contribution in [1.29, 1.82) is 0 Å². The van der Waals surface area contributed by atoms with Crippen LogP contribution in [0.3, 0.4) is 0 Å². The Bertz CT molecular complexity index is 631. The predicted octanol–water partition coefficient (Wildman–Crippen LogP) is 3.82. The summed E-state index contributed by atoms with van der Waals surface area (Å²) in [4.78, 5) is 14.1. The second kappa shape index (κ2) is 5.78. The maximum Gasteiger partial charge on any atom is 0.399 e. The van der Waals surface area contributed by atoms with E-state index in [1.807, 2.05) is 0 Å². The lowest BCUT2D eigenvalue weighted by molar-refractivity contribution is -0.164. The lowest BCUT2D eigenvalue weighted by Crippen LogP contribution is -2.25. The highest BCUT2D eigenvalue weighted by Gasteiger charge is 2.41. The summed E-state index contributed by atoms with van der Waals surface area (Å²) in [6, 6.07) is 6.51. The largest absolute Gasteiger partial charge is 0.467 e. The molecular formula is C13H9BrF3NO2. The topological polar surface area (TPSA) is 39.2 Å². The van der Waals surface area contributed by atoms with Crippen LogP contribution in [0, 0.1) is 0 Å². The summed E-state index contributed by atoms with van der Waals surface area (Å²) >= 11 is 3.27. The van der Waals surface area contributed by atoms with Crippen molar-refractivity contribution in [3.63, 3.8) is 0 Å². The van der Waals surface area contributed by atoms with Crippen molar-refractivity contribution in [3.8, 4) is 0 Å². The van der Waals surface area contributed by atoms with Gasteiger partial charge in [-0.15, -0.1) is 0 Å². The SMILES string of the molecule is O=COCC(c1cnc2cc(Br)ccc2c1)C(F)(F)F. The van der Waals surface area contributed by atoms with Gasteiger partial charge in [0.15, 0.2) is 0 Å². The number of rotatable bonds is 4. The van der Waals surface area contributed by atoms with E-state index in [1.54, 1.807) is 18.2 Å². The van der Waals surface area contributed by atoms with E-state index in [9.17, 15) is 18.0 Å². The zero-order valence-electron chi connectivity index (χ0n) is 10.0. The Labute approximate surface area is 120 Å². The molecule has 106 valence electrons. The molecule has 0 radical (unpaired) electrons. The first kappa shape index (κ1) is 14.8. The van der Waals surface area contributed by atoms with Gasteiger partial charge < -0.3 is 4.74 Å². The molecule has 2 rings (SSSR count). The van der Waals surface area contributed by atoms with Gasteiger partial charge in [0.05, 0.1) is 5.52 Å². The summed E-state index contributed by atoms with van der Waals surface area (Å²) < 4.78 is 44.0. The zero-order valence-corrected chi connectivity index (χ0v) is 11.6. The van der Waals surface area contributed by atoms with Crippen LogP contribution in [0.4, 0.5) is 13.2 Å². The summed E-state index contributed by atoms with van der Waals surface area (Å²) in [5.41, 5.74) is 0.550. The Kier molecular flexibility index (Phi) is 4.27. The van der Waals surface area contributed by atoms with E-state index in [1.165, 1.54) is 6.07 Å². The molecule has 0 amide bonds. The molecule has 1 unspecified atom stereocenters. The summed E-state index contributed by atoms with van der Waals surface area (Å²) in [5, 5.41) is 0.589. The van der Waals surface area contributed by atoms with Crippen LogP contribution >= 0.6 is 15.9 Å². The van der Waals surface area contributed by atoms with Crippen molar-refractivity contribution in [1.82, 2.24) is 4.98 Å². The first-order chi connectivity index (χ1) is 9.41. The molecule has 1 heterocycles. The average Bonchev–Trinajstić information content (AvgIpc) is 2.37. The van der Waals surface area contributed by atoms with Gasteiger partial charge in [-0.2, -0.15) is 13.2 Å². The van der Waals surface area contributed by atoms with Gasteiger partial charge in [-0.1, -0.05) is 22.0 Å². The molecule has 0 saturated carbocycles. The normalized spacial score (nSPS) is 13.2. The third-order valence-electron chi connectivity index (χ3n) is 2.80. The Hall–Kier alpha value is -1.63. The van der Waals surface area contributed by atoms with Crippen molar-refractivity contribution >= 4 is 33.3 Å². The molecule has 1 aromatic carbocycles. The molecule has 0 aliphatic rings. The summed E-state index contributed by atoms with van der Waals surface area (Å²) in [6.07, 6.45) is -3.35. The fourth-order valence-corrected chi connectivity index (χ4v) is 2.17. The number of hydrogen-bond donors (Lipinski definition) is 0. The highest BCUT2D eigenvalue weighted by Crippen LogP contribution is 2.35. The quantitative estimate of drug-likeness (QED) is 0.789. The minimum atomic E-state index is -4.51. The predicted molar refractivity (Wildman–Crippen MR) is 70.3 cm³/mol. The minimum absolute atomic E-state index is 0.00429. The van der Waals surface area contributed by atoms with E-state index in [0.717, 1.165) is 10.7 Å². The molecule has 2 aromatic rings. The van der Waals surface area contributed by atoms with E-state index < -0.39 is 18.7 Å². The van der Waals surface area contributed by atoms with Gasteiger partial charge in [-0.05, 0) is 23.8 Å². The molecule has 0 spiro atoms. The lowest BCUT2D eigenvalue weighted by Gasteiger charge is -2.19. The van der Waals surface area contributed by atoms with Gasteiger partial charge in [-0.25, -0.2) is 0 Å². The Balaban J connectivity index is 2.42. The Morgan fingerprint density at radius 3 is 2.75 bits per heavy atom.